The predicted molar refractivity (Wildman–Crippen MR) is 82.4 cm³/mol. The van der Waals surface area contributed by atoms with Crippen LogP contribution >= 0.6 is 0 Å². The first-order valence-electron chi connectivity index (χ1n) is 7.79. The highest BCUT2D eigenvalue weighted by molar-refractivity contribution is 5.77. The number of carbonyl (C=O) groups excluding carboxylic acids is 1. The molecule has 0 saturated carbocycles. The van der Waals surface area contributed by atoms with Crippen molar-refractivity contribution in [2.24, 2.45) is 0 Å². The molecule has 0 radical (unpaired) electrons. The topological polar surface area (TPSA) is 33.5 Å². The van der Waals surface area contributed by atoms with Crippen LogP contribution in [0.15, 0.2) is 53.1 Å². The summed E-state index contributed by atoms with van der Waals surface area (Å²) in [7, 11) is 0. The average molecular weight is 319 g/mol. The maximum Gasteiger partial charge on any atom is 0.251 e. The largest absolute Gasteiger partial charge is 0.469 e. The minimum Gasteiger partial charge on any atom is -0.469 e. The second-order valence-corrected chi connectivity index (χ2v) is 5.92. The first-order chi connectivity index (χ1) is 11.1. The quantitative estimate of drug-likeness (QED) is 0.851. The summed E-state index contributed by atoms with van der Waals surface area (Å²) in [6.07, 6.45) is 1.30. The van der Waals surface area contributed by atoms with E-state index in [9.17, 15) is 13.6 Å². The van der Waals surface area contributed by atoms with Crippen LogP contribution in [0.4, 0.5) is 8.78 Å². The van der Waals surface area contributed by atoms with Gasteiger partial charge in [-0.25, -0.2) is 8.78 Å². The van der Waals surface area contributed by atoms with Crippen LogP contribution in [0.2, 0.25) is 0 Å². The number of piperidine rings is 1. The van der Waals surface area contributed by atoms with E-state index in [1.807, 2.05) is 36.4 Å². The van der Waals surface area contributed by atoms with E-state index in [4.69, 9.17) is 4.42 Å². The molecule has 0 N–H and O–H groups in total. The molecule has 1 saturated heterocycles. The summed E-state index contributed by atoms with van der Waals surface area (Å²) >= 11 is 0. The van der Waals surface area contributed by atoms with Gasteiger partial charge in [0.05, 0.1) is 12.2 Å². The van der Waals surface area contributed by atoms with Crippen molar-refractivity contribution in [1.29, 1.82) is 0 Å². The van der Waals surface area contributed by atoms with Gasteiger partial charge < -0.3 is 9.32 Å². The van der Waals surface area contributed by atoms with Gasteiger partial charge in [0.2, 0.25) is 5.91 Å². The maximum atomic E-state index is 13.2. The normalized spacial score (nSPS) is 18.6. The molecule has 122 valence electrons. The van der Waals surface area contributed by atoms with E-state index >= 15 is 0 Å². The molecular formula is C18H19F2NO2. The van der Waals surface area contributed by atoms with E-state index in [-0.39, 0.29) is 44.2 Å². The Balaban J connectivity index is 1.73. The van der Waals surface area contributed by atoms with Gasteiger partial charge in [0, 0.05) is 32.4 Å². The Morgan fingerprint density at radius 1 is 1.13 bits per heavy atom. The number of carbonyl (C=O) groups is 1. The second kappa shape index (κ2) is 6.52. The highest BCUT2D eigenvalue weighted by atomic mass is 19.3. The predicted octanol–water partition coefficient (Wildman–Crippen LogP) is 4.06. The summed E-state index contributed by atoms with van der Waals surface area (Å²) in [5, 5.41) is 0. The van der Waals surface area contributed by atoms with Crippen LogP contribution in [-0.4, -0.2) is 29.8 Å². The number of hydrogen-bond donors (Lipinski definition) is 0. The minimum absolute atomic E-state index is 0.106. The number of furan rings is 1. The highest BCUT2D eigenvalue weighted by Crippen LogP contribution is 2.31. The van der Waals surface area contributed by atoms with Gasteiger partial charge in [0.1, 0.15) is 5.76 Å². The van der Waals surface area contributed by atoms with E-state index in [1.54, 1.807) is 12.3 Å². The van der Waals surface area contributed by atoms with Crippen molar-refractivity contribution < 1.29 is 18.0 Å². The minimum atomic E-state index is -2.64. The Morgan fingerprint density at radius 2 is 1.83 bits per heavy atom. The molecule has 0 aliphatic carbocycles. The highest BCUT2D eigenvalue weighted by Gasteiger charge is 2.36. The van der Waals surface area contributed by atoms with Crippen LogP contribution in [0, 0.1) is 0 Å². The zero-order chi connectivity index (χ0) is 16.3. The number of hydrogen-bond acceptors (Lipinski definition) is 2. The van der Waals surface area contributed by atoms with Crippen LogP contribution in [0.1, 0.15) is 36.5 Å². The van der Waals surface area contributed by atoms with Gasteiger partial charge >= 0.3 is 0 Å². The fraction of sp³-hybridized carbons (Fsp3) is 0.389. The van der Waals surface area contributed by atoms with Crippen molar-refractivity contribution in [3.05, 3.63) is 60.1 Å². The van der Waals surface area contributed by atoms with Crippen LogP contribution in [0.3, 0.4) is 0 Å². The molecule has 5 heteroatoms. The Hall–Kier alpha value is -2.17. The SMILES string of the molecule is O=C(CC(c1ccccc1)c1ccco1)N1CCC(F)(F)CC1. The zero-order valence-corrected chi connectivity index (χ0v) is 12.8. The summed E-state index contributed by atoms with van der Waals surface area (Å²) in [4.78, 5) is 14.1. The zero-order valence-electron chi connectivity index (χ0n) is 12.8. The third-order valence-corrected chi connectivity index (χ3v) is 4.31. The lowest BCUT2D eigenvalue weighted by Gasteiger charge is -2.32. The lowest BCUT2D eigenvalue weighted by Crippen LogP contribution is -2.43. The van der Waals surface area contributed by atoms with Crippen LogP contribution in [0.25, 0.3) is 0 Å². The molecule has 0 spiro atoms. The molecule has 2 aromatic rings. The number of alkyl halides is 2. The summed E-state index contributed by atoms with van der Waals surface area (Å²) in [6.45, 7) is 0.233. The third-order valence-electron chi connectivity index (χ3n) is 4.31. The van der Waals surface area contributed by atoms with E-state index in [0.29, 0.717) is 5.76 Å². The number of rotatable bonds is 4. The first-order valence-corrected chi connectivity index (χ1v) is 7.79. The van der Waals surface area contributed by atoms with Gasteiger partial charge in [-0.1, -0.05) is 30.3 Å². The van der Waals surface area contributed by atoms with E-state index < -0.39 is 5.92 Å². The molecule has 1 amide bonds. The molecule has 0 bridgehead atoms. The number of nitrogens with zero attached hydrogens (tertiary/aromatic N) is 1. The Bertz CT molecular complexity index is 630. The molecule has 3 rings (SSSR count). The lowest BCUT2D eigenvalue weighted by atomic mass is 9.92. The van der Waals surface area contributed by atoms with Gasteiger partial charge in [0.25, 0.3) is 5.92 Å². The summed E-state index contributed by atoms with van der Waals surface area (Å²) in [5.41, 5.74) is 0.984. The molecule has 3 nitrogen and oxygen atoms in total. The standard InChI is InChI=1S/C18H19F2NO2/c19-18(20)8-10-21(11-9-18)17(22)13-15(16-7-4-12-23-16)14-5-2-1-3-6-14/h1-7,12,15H,8-11,13H2. The van der Waals surface area contributed by atoms with Gasteiger partial charge in [-0.15, -0.1) is 0 Å². The molecule has 1 fully saturated rings. The number of halogens is 2. The van der Waals surface area contributed by atoms with Crippen LogP contribution < -0.4 is 0 Å². The smallest absolute Gasteiger partial charge is 0.251 e. The number of likely N-dealkylation sites (tertiary alicyclic amines) is 1. The third kappa shape index (κ3) is 3.78. The lowest BCUT2D eigenvalue weighted by molar-refractivity contribution is -0.137. The molecule has 23 heavy (non-hydrogen) atoms. The average Bonchev–Trinajstić information content (AvgIpc) is 3.07. The van der Waals surface area contributed by atoms with Crippen molar-refractivity contribution in [2.45, 2.75) is 31.1 Å². The van der Waals surface area contributed by atoms with Crippen molar-refractivity contribution in [3.8, 4) is 0 Å². The molecule has 1 aliphatic rings. The van der Waals surface area contributed by atoms with E-state index in [1.165, 1.54) is 4.90 Å². The Morgan fingerprint density at radius 3 is 2.43 bits per heavy atom. The number of amides is 1. The first kappa shape index (κ1) is 15.7. The van der Waals surface area contributed by atoms with Gasteiger partial charge in [-0.3, -0.25) is 4.79 Å². The molecule has 2 heterocycles. The van der Waals surface area contributed by atoms with Gasteiger partial charge in [-0.2, -0.15) is 0 Å². The Labute approximate surface area is 133 Å². The van der Waals surface area contributed by atoms with Crippen molar-refractivity contribution in [1.82, 2.24) is 4.90 Å². The molecule has 1 aromatic heterocycles. The van der Waals surface area contributed by atoms with Gasteiger partial charge in [0.15, 0.2) is 0 Å². The molecule has 1 aromatic carbocycles. The molecule has 1 unspecified atom stereocenters. The monoisotopic (exact) mass is 319 g/mol. The van der Waals surface area contributed by atoms with Crippen molar-refractivity contribution >= 4 is 5.91 Å². The van der Waals surface area contributed by atoms with E-state index in [0.717, 1.165) is 5.56 Å². The molecule has 1 atom stereocenters. The van der Waals surface area contributed by atoms with Crippen molar-refractivity contribution in [2.75, 3.05) is 13.1 Å². The fourth-order valence-electron chi connectivity index (χ4n) is 2.94. The maximum absolute atomic E-state index is 13.2. The van der Waals surface area contributed by atoms with E-state index in [2.05, 4.69) is 0 Å². The second-order valence-electron chi connectivity index (χ2n) is 5.92. The molecular weight excluding hydrogens is 300 g/mol. The van der Waals surface area contributed by atoms with Crippen LogP contribution in [-0.2, 0) is 4.79 Å². The summed E-state index contributed by atoms with van der Waals surface area (Å²) in [6, 6.07) is 13.3. The summed E-state index contributed by atoms with van der Waals surface area (Å²) in [5.74, 6) is -2.23. The fourth-order valence-corrected chi connectivity index (χ4v) is 2.94. The summed E-state index contributed by atoms with van der Waals surface area (Å²) < 4.78 is 32.0. The molecule has 1 aliphatic heterocycles. The number of benzene rings is 1. The van der Waals surface area contributed by atoms with Gasteiger partial charge in [-0.05, 0) is 17.7 Å². The Kier molecular flexibility index (Phi) is 4.46. The van der Waals surface area contributed by atoms with Crippen LogP contribution in [0.5, 0.6) is 0 Å². The van der Waals surface area contributed by atoms with Crippen molar-refractivity contribution in [3.63, 3.8) is 0 Å².